The van der Waals surface area contributed by atoms with Crippen LogP contribution in [0.4, 0.5) is 0 Å². The Morgan fingerprint density at radius 2 is 2.09 bits per heavy atom. The molecule has 1 heterocycles. The molecule has 0 aliphatic carbocycles. The first-order valence-corrected chi connectivity index (χ1v) is 12.1. The molecule has 0 bridgehead atoms. The number of thiocarbonyl (C=S) groups is 1. The number of nitrogens with one attached hydrogen (secondary N) is 1. The molecule has 1 aliphatic rings. The first-order chi connectivity index (χ1) is 15.2. The number of rotatable bonds is 7. The molecule has 0 aromatic heterocycles. The van der Waals surface area contributed by atoms with E-state index in [0.29, 0.717) is 38.1 Å². The zero-order chi connectivity index (χ0) is 23.4. The van der Waals surface area contributed by atoms with Crippen LogP contribution in [-0.4, -0.2) is 33.9 Å². The summed E-state index contributed by atoms with van der Waals surface area (Å²) in [5.74, 6) is 0.250. The highest BCUT2D eigenvalue weighted by Crippen LogP contribution is 2.39. The zero-order valence-electron chi connectivity index (χ0n) is 17.5. The molecule has 0 atom stereocenters. The molecule has 0 unspecified atom stereocenters. The van der Waals surface area contributed by atoms with E-state index in [4.69, 9.17) is 33.3 Å². The highest BCUT2D eigenvalue weighted by Gasteiger charge is 2.34. The van der Waals surface area contributed by atoms with Crippen LogP contribution >= 0.6 is 51.5 Å². The summed E-state index contributed by atoms with van der Waals surface area (Å²) < 4.78 is 12.5. The largest absolute Gasteiger partial charge is 0.490 e. The Labute approximate surface area is 209 Å². The van der Waals surface area contributed by atoms with Crippen LogP contribution in [0.1, 0.15) is 36.7 Å². The number of hydrazine groups is 1. The number of hydrogen-bond donors (Lipinski definition) is 1. The Hall–Kier alpha value is -2.07. The first-order valence-electron chi connectivity index (χ1n) is 9.67. The summed E-state index contributed by atoms with van der Waals surface area (Å²) in [5.41, 5.74) is 3.58. The maximum absolute atomic E-state index is 12.9. The molecule has 0 spiro atoms. The van der Waals surface area contributed by atoms with Crippen molar-refractivity contribution in [3.05, 3.63) is 61.9 Å². The third-order valence-electron chi connectivity index (χ3n) is 4.08. The van der Waals surface area contributed by atoms with Gasteiger partial charge in [0, 0.05) is 10.6 Å². The monoisotopic (exact) mass is 554 g/mol. The molecule has 2 aromatic rings. The highest BCUT2D eigenvalue weighted by atomic mass is 79.9. The molecule has 3 rings (SSSR count). The van der Waals surface area contributed by atoms with Crippen molar-refractivity contribution in [1.82, 2.24) is 10.4 Å². The summed E-state index contributed by atoms with van der Waals surface area (Å²) in [5, 5.41) is 1.48. The van der Waals surface area contributed by atoms with Crippen LogP contribution in [0.2, 0.25) is 5.02 Å². The normalized spacial score (nSPS) is 14.9. The van der Waals surface area contributed by atoms with Crippen molar-refractivity contribution in [2.75, 3.05) is 6.61 Å². The standard InChI is InChI=1S/C22H20BrClN2O4S2/c1-4-29-17-9-13(8-16(23)19(17)30-12(2)3)10-18-21(28)26(22(31)32-18)25-20(27)14-6-5-7-15(24)11-14/h5-12H,4H2,1-3H3,(H,25,27)/b18-10-. The molecule has 1 saturated heterocycles. The predicted molar refractivity (Wildman–Crippen MR) is 135 cm³/mol. The number of carbonyl (C=O) groups is 2. The molecule has 10 heteroatoms. The van der Waals surface area contributed by atoms with E-state index < -0.39 is 11.8 Å². The number of thioether (sulfide) groups is 1. The maximum Gasteiger partial charge on any atom is 0.285 e. The van der Waals surface area contributed by atoms with E-state index in [1.807, 2.05) is 26.8 Å². The molecule has 1 N–H and O–H groups in total. The zero-order valence-corrected chi connectivity index (χ0v) is 21.5. The van der Waals surface area contributed by atoms with Gasteiger partial charge in [-0.05, 0) is 90.9 Å². The van der Waals surface area contributed by atoms with Gasteiger partial charge in [-0.1, -0.05) is 29.4 Å². The van der Waals surface area contributed by atoms with Gasteiger partial charge in [0.25, 0.3) is 11.8 Å². The van der Waals surface area contributed by atoms with Crippen molar-refractivity contribution in [1.29, 1.82) is 0 Å². The van der Waals surface area contributed by atoms with Crippen molar-refractivity contribution in [2.45, 2.75) is 26.9 Å². The van der Waals surface area contributed by atoms with Crippen molar-refractivity contribution in [2.24, 2.45) is 0 Å². The van der Waals surface area contributed by atoms with Crippen molar-refractivity contribution in [3.8, 4) is 11.5 Å². The van der Waals surface area contributed by atoms with Crippen molar-refractivity contribution in [3.63, 3.8) is 0 Å². The number of nitrogens with zero attached hydrogens (tertiary/aromatic N) is 1. The molecule has 0 saturated carbocycles. The van der Waals surface area contributed by atoms with Gasteiger partial charge in [-0.3, -0.25) is 15.0 Å². The Bertz CT molecular complexity index is 1110. The molecular weight excluding hydrogens is 536 g/mol. The molecule has 32 heavy (non-hydrogen) atoms. The number of amides is 2. The summed E-state index contributed by atoms with van der Waals surface area (Å²) in [6.45, 7) is 6.20. The number of carbonyl (C=O) groups excluding carboxylic acids is 2. The third kappa shape index (κ3) is 5.83. The van der Waals surface area contributed by atoms with E-state index in [-0.39, 0.29) is 10.4 Å². The lowest BCUT2D eigenvalue weighted by atomic mass is 10.2. The van der Waals surface area contributed by atoms with Gasteiger partial charge in [-0.2, -0.15) is 5.01 Å². The van der Waals surface area contributed by atoms with E-state index in [1.165, 1.54) is 6.07 Å². The van der Waals surface area contributed by atoms with Gasteiger partial charge in [0.15, 0.2) is 15.8 Å². The maximum atomic E-state index is 12.9. The van der Waals surface area contributed by atoms with Crippen LogP contribution in [0.25, 0.3) is 6.08 Å². The van der Waals surface area contributed by atoms with Crippen molar-refractivity contribution >= 4 is 73.7 Å². The van der Waals surface area contributed by atoms with E-state index >= 15 is 0 Å². The summed E-state index contributed by atoms with van der Waals surface area (Å²) in [7, 11) is 0. The summed E-state index contributed by atoms with van der Waals surface area (Å²) in [6, 6.07) is 10.1. The van der Waals surface area contributed by atoms with Gasteiger partial charge < -0.3 is 9.47 Å². The SMILES string of the molecule is CCOc1cc(/C=C2\SC(=S)N(NC(=O)c3cccc(Cl)c3)C2=O)cc(Br)c1OC(C)C. The summed E-state index contributed by atoms with van der Waals surface area (Å²) >= 11 is 15.9. The fourth-order valence-electron chi connectivity index (χ4n) is 2.80. The highest BCUT2D eigenvalue weighted by molar-refractivity contribution is 9.10. The average molecular weight is 556 g/mol. The second-order valence-corrected chi connectivity index (χ2v) is 9.86. The van der Waals surface area contributed by atoms with Crippen LogP contribution in [-0.2, 0) is 4.79 Å². The second kappa shape index (κ2) is 10.7. The Balaban J connectivity index is 1.84. The van der Waals surface area contributed by atoms with Gasteiger partial charge >= 0.3 is 0 Å². The summed E-state index contributed by atoms with van der Waals surface area (Å²) in [4.78, 5) is 25.8. The molecular formula is C22H20BrClN2O4S2. The number of halogens is 2. The lowest BCUT2D eigenvalue weighted by molar-refractivity contribution is -0.123. The van der Waals surface area contributed by atoms with E-state index in [2.05, 4.69) is 21.4 Å². The Morgan fingerprint density at radius 3 is 2.75 bits per heavy atom. The smallest absolute Gasteiger partial charge is 0.285 e. The molecule has 1 aliphatic heterocycles. The van der Waals surface area contributed by atoms with Crippen LogP contribution in [0, 0.1) is 0 Å². The van der Waals surface area contributed by atoms with Gasteiger partial charge in [0.1, 0.15) is 0 Å². The predicted octanol–water partition coefficient (Wildman–Crippen LogP) is 5.83. The molecule has 0 radical (unpaired) electrons. The fourth-order valence-corrected chi connectivity index (χ4v) is 4.72. The third-order valence-corrected chi connectivity index (χ3v) is 6.20. The lowest BCUT2D eigenvalue weighted by Gasteiger charge is -2.17. The van der Waals surface area contributed by atoms with Crippen LogP contribution in [0.3, 0.4) is 0 Å². The van der Waals surface area contributed by atoms with E-state index in [0.717, 1.165) is 22.3 Å². The van der Waals surface area contributed by atoms with Crippen LogP contribution in [0.15, 0.2) is 45.8 Å². The molecule has 168 valence electrons. The minimum atomic E-state index is -0.485. The van der Waals surface area contributed by atoms with Gasteiger partial charge in [-0.25, -0.2) is 0 Å². The average Bonchev–Trinajstić information content (AvgIpc) is 2.98. The molecule has 1 fully saturated rings. The van der Waals surface area contributed by atoms with Crippen LogP contribution in [0.5, 0.6) is 11.5 Å². The number of ether oxygens (including phenoxy) is 2. The second-order valence-electron chi connectivity index (χ2n) is 6.90. The molecule has 2 amide bonds. The first kappa shape index (κ1) is 24.6. The lowest BCUT2D eigenvalue weighted by Crippen LogP contribution is -2.44. The summed E-state index contributed by atoms with van der Waals surface area (Å²) in [6.07, 6.45) is 1.66. The Kier molecular flexibility index (Phi) is 8.21. The quantitative estimate of drug-likeness (QED) is 0.342. The molecule has 2 aromatic carbocycles. The van der Waals surface area contributed by atoms with Crippen molar-refractivity contribution < 1.29 is 19.1 Å². The number of hydrogen-bond acceptors (Lipinski definition) is 6. The minimum absolute atomic E-state index is 0.0317. The molecule has 6 nitrogen and oxygen atoms in total. The van der Waals surface area contributed by atoms with E-state index in [1.54, 1.807) is 30.3 Å². The van der Waals surface area contributed by atoms with Gasteiger partial charge in [-0.15, -0.1) is 0 Å². The van der Waals surface area contributed by atoms with E-state index in [9.17, 15) is 9.59 Å². The van der Waals surface area contributed by atoms with Gasteiger partial charge in [0.2, 0.25) is 0 Å². The fraction of sp³-hybridized carbons (Fsp3) is 0.227. The topological polar surface area (TPSA) is 67.9 Å². The Morgan fingerprint density at radius 1 is 1.34 bits per heavy atom. The minimum Gasteiger partial charge on any atom is -0.490 e. The van der Waals surface area contributed by atoms with Gasteiger partial charge in [0.05, 0.1) is 22.1 Å². The number of benzene rings is 2. The van der Waals surface area contributed by atoms with Crippen LogP contribution < -0.4 is 14.9 Å².